The fourth-order valence-corrected chi connectivity index (χ4v) is 0.332. The molecular formula is C5H9O4. The minimum Gasteiger partial charge on any atom is -0.350 e. The first-order valence-corrected chi connectivity index (χ1v) is 2.50. The number of carbonyl (C=O) groups is 1. The standard InChI is InChI=1S/C5H9O4/c1-4(7)9-5(3-6)8-2/h3-5H,1-2H3. The maximum absolute atomic E-state index is 10.2. The van der Waals surface area contributed by atoms with E-state index >= 15 is 0 Å². The van der Waals surface area contributed by atoms with Gasteiger partial charge in [-0.2, -0.15) is 0 Å². The van der Waals surface area contributed by atoms with Gasteiger partial charge in [0.05, 0.1) is 0 Å². The van der Waals surface area contributed by atoms with Crippen LogP contribution in [-0.4, -0.2) is 26.0 Å². The van der Waals surface area contributed by atoms with Crippen molar-refractivity contribution in [2.24, 2.45) is 0 Å². The summed E-state index contributed by atoms with van der Waals surface area (Å²) in [5, 5.41) is 10.2. The minimum atomic E-state index is -1.22. The fourth-order valence-electron chi connectivity index (χ4n) is 0.332. The van der Waals surface area contributed by atoms with Crippen LogP contribution in [0, 0.1) is 0 Å². The molecule has 0 aromatic carbocycles. The van der Waals surface area contributed by atoms with E-state index in [0.29, 0.717) is 6.29 Å². The lowest BCUT2D eigenvalue weighted by Crippen LogP contribution is -2.21. The average Bonchev–Trinajstić information content (AvgIpc) is 1.82. The zero-order chi connectivity index (χ0) is 7.28. The lowest BCUT2D eigenvalue weighted by molar-refractivity contribution is -0.220. The summed E-state index contributed by atoms with van der Waals surface area (Å²) in [5.74, 6) is 0. The quantitative estimate of drug-likeness (QED) is 0.399. The first kappa shape index (κ1) is 8.55. The first-order valence-electron chi connectivity index (χ1n) is 2.50. The molecule has 0 aliphatic rings. The number of rotatable bonds is 4. The van der Waals surface area contributed by atoms with Gasteiger partial charge in [-0.05, 0) is 6.92 Å². The van der Waals surface area contributed by atoms with Crippen molar-refractivity contribution in [3.05, 3.63) is 0 Å². The highest BCUT2D eigenvalue weighted by Crippen LogP contribution is 1.92. The smallest absolute Gasteiger partial charge is 0.217 e. The van der Waals surface area contributed by atoms with Gasteiger partial charge in [-0.1, -0.05) is 0 Å². The van der Waals surface area contributed by atoms with Crippen molar-refractivity contribution in [1.82, 2.24) is 0 Å². The van der Waals surface area contributed by atoms with Crippen molar-refractivity contribution in [3.63, 3.8) is 0 Å². The Morgan fingerprint density at radius 3 is 2.22 bits per heavy atom. The predicted molar refractivity (Wildman–Crippen MR) is 28.1 cm³/mol. The van der Waals surface area contributed by atoms with Crippen LogP contribution in [0.15, 0.2) is 0 Å². The van der Waals surface area contributed by atoms with Crippen LogP contribution in [0.4, 0.5) is 0 Å². The van der Waals surface area contributed by atoms with Crippen molar-refractivity contribution in [3.8, 4) is 0 Å². The lowest BCUT2D eigenvalue weighted by atomic mass is 10.7. The Labute approximate surface area is 53.4 Å². The van der Waals surface area contributed by atoms with Crippen LogP contribution >= 0.6 is 0 Å². The highest BCUT2D eigenvalue weighted by molar-refractivity contribution is 5.53. The maximum Gasteiger partial charge on any atom is 0.217 e. The molecule has 0 saturated heterocycles. The normalized spacial score (nSPS) is 16.8. The van der Waals surface area contributed by atoms with Crippen molar-refractivity contribution < 1.29 is 19.4 Å². The Bertz CT molecular complexity index is 81.0. The third kappa shape index (κ3) is 4.08. The summed E-state index contributed by atoms with van der Waals surface area (Å²) in [7, 11) is 1.29. The van der Waals surface area contributed by atoms with Gasteiger partial charge in [0.1, 0.15) is 0 Å². The molecule has 0 aliphatic heterocycles. The monoisotopic (exact) mass is 133 g/mol. The van der Waals surface area contributed by atoms with Crippen LogP contribution in [0.3, 0.4) is 0 Å². The molecule has 0 bridgehead atoms. The summed E-state index contributed by atoms with van der Waals surface area (Å²) in [5.41, 5.74) is 0. The summed E-state index contributed by atoms with van der Waals surface area (Å²) in [6.45, 7) is 1.29. The Hall–Kier alpha value is -0.450. The van der Waals surface area contributed by atoms with Gasteiger partial charge in [-0.25, -0.2) is 5.11 Å². The van der Waals surface area contributed by atoms with Crippen LogP contribution in [0.2, 0.25) is 0 Å². The molecular weight excluding hydrogens is 124 g/mol. The molecule has 0 N–H and O–H groups in total. The molecule has 0 aromatic heterocycles. The van der Waals surface area contributed by atoms with Gasteiger partial charge in [0, 0.05) is 7.11 Å². The van der Waals surface area contributed by atoms with Crippen LogP contribution < -0.4 is 0 Å². The van der Waals surface area contributed by atoms with Gasteiger partial charge in [0.15, 0.2) is 12.6 Å². The second-order valence-electron chi connectivity index (χ2n) is 1.44. The number of carbonyl (C=O) groups excluding carboxylic acids is 1. The van der Waals surface area contributed by atoms with Crippen LogP contribution in [-0.2, 0) is 19.4 Å². The van der Waals surface area contributed by atoms with E-state index in [4.69, 9.17) is 0 Å². The van der Waals surface area contributed by atoms with Crippen molar-refractivity contribution in [2.75, 3.05) is 7.11 Å². The van der Waals surface area contributed by atoms with E-state index in [9.17, 15) is 9.90 Å². The predicted octanol–water partition coefficient (Wildman–Crippen LogP) is -0.0491. The molecule has 0 amide bonds. The Morgan fingerprint density at radius 1 is 1.56 bits per heavy atom. The number of hydrogen-bond acceptors (Lipinski definition) is 3. The Morgan fingerprint density at radius 2 is 2.11 bits per heavy atom. The average molecular weight is 133 g/mol. The molecule has 4 heteroatoms. The molecule has 0 rings (SSSR count). The topological polar surface area (TPSA) is 55.4 Å². The highest BCUT2D eigenvalue weighted by atomic mass is 16.7. The fraction of sp³-hybridized carbons (Fsp3) is 0.800. The van der Waals surface area contributed by atoms with Gasteiger partial charge < -0.3 is 9.47 Å². The van der Waals surface area contributed by atoms with Crippen LogP contribution in [0.5, 0.6) is 0 Å². The minimum absolute atomic E-state index is 0.425. The van der Waals surface area contributed by atoms with E-state index in [1.807, 2.05) is 0 Å². The number of aldehydes is 1. The zero-order valence-corrected chi connectivity index (χ0v) is 5.37. The van der Waals surface area contributed by atoms with Gasteiger partial charge >= 0.3 is 0 Å². The largest absolute Gasteiger partial charge is 0.350 e. The second-order valence-corrected chi connectivity index (χ2v) is 1.44. The second kappa shape index (κ2) is 4.43. The molecule has 0 heterocycles. The van der Waals surface area contributed by atoms with Gasteiger partial charge in [0.2, 0.25) is 6.29 Å². The number of methoxy groups -OCH3 is 1. The van der Waals surface area contributed by atoms with Crippen LogP contribution in [0.1, 0.15) is 6.92 Å². The SMILES string of the molecule is COC(C=O)OC(C)[O]. The Balaban J connectivity index is 3.42. The molecule has 53 valence electrons. The zero-order valence-electron chi connectivity index (χ0n) is 5.37. The van der Waals surface area contributed by atoms with Gasteiger partial charge in [-0.3, -0.25) is 4.79 Å². The van der Waals surface area contributed by atoms with Crippen LogP contribution in [0.25, 0.3) is 0 Å². The maximum atomic E-state index is 10.2. The molecule has 2 unspecified atom stereocenters. The molecule has 1 radical (unpaired) electrons. The molecule has 0 spiro atoms. The van der Waals surface area contributed by atoms with E-state index in [1.165, 1.54) is 14.0 Å². The first-order chi connectivity index (χ1) is 4.20. The Kier molecular flexibility index (Phi) is 4.21. The lowest BCUT2D eigenvalue weighted by Gasteiger charge is -2.09. The summed E-state index contributed by atoms with van der Waals surface area (Å²) < 4.78 is 8.82. The molecule has 2 atom stereocenters. The third-order valence-electron chi connectivity index (χ3n) is 0.669. The molecule has 0 saturated carbocycles. The number of ether oxygens (including phenoxy) is 2. The van der Waals surface area contributed by atoms with Gasteiger partial charge in [0.25, 0.3) is 0 Å². The van der Waals surface area contributed by atoms with E-state index in [1.54, 1.807) is 0 Å². The molecule has 0 aliphatic carbocycles. The van der Waals surface area contributed by atoms with E-state index in [0.717, 1.165) is 0 Å². The van der Waals surface area contributed by atoms with E-state index in [-0.39, 0.29) is 0 Å². The summed E-state index contributed by atoms with van der Waals surface area (Å²) in [6, 6.07) is 0. The molecule has 0 aromatic rings. The van der Waals surface area contributed by atoms with E-state index < -0.39 is 12.6 Å². The van der Waals surface area contributed by atoms with Crippen molar-refractivity contribution in [2.45, 2.75) is 19.5 Å². The highest BCUT2D eigenvalue weighted by Gasteiger charge is 2.08. The summed E-state index contributed by atoms with van der Waals surface area (Å²) in [4.78, 5) is 9.88. The summed E-state index contributed by atoms with van der Waals surface area (Å²) >= 11 is 0. The third-order valence-corrected chi connectivity index (χ3v) is 0.669. The number of hydrogen-bond donors (Lipinski definition) is 0. The molecule has 9 heavy (non-hydrogen) atoms. The van der Waals surface area contributed by atoms with Crippen molar-refractivity contribution >= 4 is 6.29 Å². The molecule has 0 fully saturated rings. The van der Waals surface area contributed by atoms with Crippen molar-refractivity contribution in [1.29, 1.82) is 0 Å². The van der Waals surface area contributed by atoms with E-state index in [2.05, 4.69) is 9.47 Å². The molecule has 4 nitrogen and oxygen atoms in total. The van der Waals surface area contributed by atoms with Gasteiger partial charge in [-0.15, -0.1) is 0 Å². The summed E-state index contributed by atoms with van der Waals surface area (Å²) in [6.07, 6.45) is -1.81.